The van der Waals surface area contributed by atoms with Crippen molar-refractivity contribution in [3.05, 3.63) is 411 Å². The van der Waals surface area contributed by atoms with E-state index in [0.717, 1.165) is 22.8 Å². The topological polar surface area (TPSA) is 44.1 Å². The van der Waals surface area contributed by atoms with Gasteiger partial charge in [0.1, 0.15) is 0 Å². The van der Waals surface area contributed by atoms with E-state index in [4.69, 9.17) is 9.31 Å². The van der Waals surface area contributed by atoms with Gasteiger partial charge in [-0.25, -0.2) is 0 Å². The molecule has 0 saturated carbocycles. The third-order valence-corrected chi connectivity index (χ3v) is 24.4. The van der Waals surface area contributed by atoms with Crippen LogP contribution >= 0.6 is 54.5 Å². The molecular formula is C104H80BBr2FIN3O2. The summed E-state index contributed by atoms with van der Waals surface area (Å²) in [4.78, 5) is 3.55. The molecule has 3 aromatic heterocycles. The standard InChI is InChI=1S/C36H24N2.C24H16BrN.C19H21BO2.C13H9Br.C12H9I.FH/c1-2-8-24(9-3-1)25-14-18-28(19-15-25)38-35-13-7-5-11-30(35)31-20-16-27(23-36(31)38)26-17-21-34-32(22-26)29-10-4-6-12-33(29)37-34;25-19-12-15-22-21-8-4-5-9-23(21)26(24(22)16-19)20-13-10-18(11-14-20)17-6-2-1-3-7-17;1-18(2)19(3,4)22-20(21-18)15-10-9-14-11-13-7-5-6-8-16(13)17(14)12-15;14-11-5-6-13-10(8-11)7-9-3-1-2-4-12(9)13;13-12-8-6-11(7-9-12)10-4-2-1-3-5-10;/h1-23,37H;1-16H;5-10,12H,11H2,1-4H3;1-6,8H,7H2;1-9H;1H. The SMILES string of the molecule is Brc1ccc2c(c1)Cc1ccccc1-2.Brc1ccc2c3ccccc3n(-c3ccc(-c4ccccc4)cc3)c2c1.CC1(C)OB(c2ccc3c(c2)-c2ccccc2C3)OC1(C)C.F.Ic1ccc(-c2ccccc2)cc1.c1ccc(-c2ccc(-n3c4ccccc4c4ccc(-c5ccc6[nH]c7ccccc7c6c5)cc43)cc2)cc1. The zero-order valence-electron chi connectivity index (χ0n) is 63.5. The van der Waals surface area contributed by atoms with Crippen molar-refractivity contribution in [3.63, 3.8) is 0 Å². The maximum absolute atomic E-state index is 6.18. The molecular weight excluding hydrogens is 1640 g/mol. The van der Waals surface area contributed by atoms with Crippen LogP contribution in [0.1, 0.15) is 49.9 Å². The van der Waals surface area contributed by atoms with Crippen LogP contribution in [0.15, 0.2) is 385 Å². The highest BCUT2D eigenvalue weighted by Gasteiger charge is 2.52. The lowest BCUT2D eigenvalue weighted by Gasteiger charge is -2.32. The lowest BCUT2D eigenvalue weighted by Crippen LogP contribution is -2.41. The van der Waals surface area contributed by atoms with Crippen LogP contribution in [0.3, 0.4) is 0 Å². The highest BCUT2D eigenvalue weighted by molar-refractivity contribution is 14.1. The van der Waals surface area contributed by atoms with E-state index in [-0.39, 0.29) is 23.0 Å². The van der Waals surface area contributed by atoms with Crippen LogP contribution in [0.25, 0.3) is 144 Å². The Labute approximate surface area is 695 Å². The molecule has 3 aliphatic rings. The molecule has 19 aromatic rings. The minimum atomic E-state index is -0.297. The average molecular weight is 1720 g/mol. The minimum Gasteiger partial charge on any atom is -0.399 e. The molecule has 2 aliphatic carbocycles. The van der Waals surface area contributed by atoms with Crippen LogP contribution in [0.4, 0.5) is 4.70 Å². The number of benzene rings is 16. The van der Waals surface area contributed by atoms with E-state index in [0.29, 0.717) is 0 Å². The van der Waals surface area contributed by atoms with Crippen LogP contribution < -0.4 is 5.46 Å². The van der Waals surface area contributed by atoms with E-state index in [1.54, 1.807) is 0 Å². The normalized spacial score (nSPS) is 13.1. The molecule has 5 nitrogen and oxygen atoms in total. The molecule has 0 bridgehead atoms. The zero-order chi connectivity index (χ0) is 76.7. The molecule has 1 N–H and O–H groups in total. The summed E-state index contributed by atoms with van der Waals surface area (Å²) in [6.45, 7) is 8.37. The summed E-state index contributed by atoms with van der Waals surface area (Å²) in [7, 11) is -0.289. The van der Waals surface area contributed by atoms with Gasteiger partial charge in [0.25, 0.3) is 0 Å². The summed E-state index contributed by atoms with van der Waals surface area (Å²) >= 11 is 9.45. The van der Waals surface area contributed by atoms with Crippen molar-refractivity contribution in [3.8, 4) is 78.1 Å². The van der Waals surface area contributed by atoms with Crippen molar-refractivity contribution < 1.29 is 14.0 Å². The molecule has 0 unspecified atom stereocenters. The van der Waals surface area contributed by atoms with E-state index in [2.05, 4.69) is 460 Å². The van der Waals surface area contributed by atoms with Crippen LogP contribution in [0, 0.1) is 3.57 Å². The summed E-state index contributed by atoms with van der Waals surface area (Å²) < 4.78 is 20.6. The summed E-state index contributed by atoms with van der Waals surface area (Å²) in [5, 5.41) is 7.62. The fourth-order valence-electron chi connectivity index (χ4n) is 16.2. The number of hydrogen-bond donors (Lipinski definition) is 1. The zero-order valence-corrected chi connectivity index (χ0v) is 68.9. The fraction of sp³-hybridized carbons (Fsp3) is 0.0769. The molecule has 0 amide bonds. The van der Waals surface area contributed by atoms with Gasteiger partial charge in [0.15, 0.2) is 0 Å². The van der Waals surface area contributed by atoms with E-state index in [9.17, 15) is 0 Å². The number of aromatic nitrogens is 3. The Morgan fingerprint density at radius 1 is 0.298 bits per heavy atom. The first-order valence-electron chi connectivity index (χ1n) is 38.5. The third-order valence-electron chi connectivity index (χ3n) is 22.7. The second kappa shape index (κ2) is 32.2. The Morgan fingerprint density at radius 2 is 0.684 bits per heavy atom. The second-order valence-electron chi connectivity index (χ2n) is 30.2. The number of para-hydroxylation sites is 3. The number of hydrogen-bond acceptors (Lipinski definition) is 2. The first-order chi connectivity index (χ1) is 55.2. The quantitative estimate of drug-likeness (QED) is 0.128. The minimum absolute atomic E-state index is 0. The Kier molecular flexibility index (Phi) is 21.2. The van der Waals surface area contributed by atoms with Gasteiger partial charge < -0.3 is 23.4 Å². The van der Waals surface area contributed by atoms with Crippen molar-refractivity contribution in [1.82, 2.24) is 14.1 Å². The average Bonchev–Trinajstić information content (AvgIpc) is 1.61. The van der Waals surface area contributed by atoms with Gasteiger partial charge in [-0.15, -0.1) is 0 Å². The molecule has 0 spiro atoms. The molecule has 114 heavy (non-hydrogen) atoms. The molecule has 1 fully saturated rings. The van der Waals surface area contributed by atoms with Crippen molar-refractivity contribution in [1.29, 1.82) is 0 Å². The predicted molar refractivity (Wildman–Crippen MR) is 495 cm³/mol. The van der Waals surface area contributed by atoms with E-state index in [1.165, 1.54) is 174 Å². The number of halogens is 4. The van der Waals surface area contributed by atoms with Crippen LogP contribution in [0.2, 0.25) is 0 Å². The monoisotopic (exact) mass is 1720 g/mol. The fourth-order valence-corrected chi connectivity index (χ4v) is 17.3. The summed E-state index contributed by atoms with van der Waals surface area (Å²) in [6, 6.07) is 134. The van der Waals surface area contributed by atoms with E-state index in [1.807, 2.05) is 12.1 Å². The maximum atomic E-state index is 6.18. The predicted octanol–water partition coefficient (Wildman–Crippen LogP) is 28.7. The molecule has 22 rings (SSSR count). The van der Waals surface area contributed by atoms with Gasteiger partial charge in [0.2, 0.25) is 0 Å². The summed E-state index contributed by atoms with van der Waals surface area (Å²) in [5.74, 6) is 0. The van der Waals surface area contributed by atoms with Crippen molar-refractivity contribution >= 4 is 132 Å². The number of rotatable bonds is 7. The first kappa shape index (κ1) is 75.2. The summed E-state index contributed by atoms with van der Waals surface area (Å²) in [6.07, 6.45) is 2.10. The smallest absolute Gasteiger partial charge is 0.399 e. The Hall–Kier alpha value is -11.5. The lowest BCUT2D eigenvalue weighted by molar-refractivity contribution is 0.00578. The third kappa shape index (κ3) is 15.0. The lowest BCUT2D eigenvalue weighted by atomic mass is 9.77. The molecule has 1 aliphatic heterocycles. The number of aromatic amines is 1. The maximum Gasteiger partial charge on any atom is 0.494 e. The van der Waals surface area contributed by atoms with Gasteiger partial charge in [0.05, 0.1) is 33.3 Å². The largest absolute Gasteiger partial charge is 0.494 e. The van der Waals surface area contributed by atoms with E-state index >= 15 is 0 Å². The van der Waals surface area contributed by atoms with Crippen molar-refractivity contribution in [2.75, 3.05) is 0 Å². The van der Waals surface area contributed by atoms with Crippen molar-refractivity contribution in [2.45, 2.75) is 51.7 Å². The Balaban J connectivity index is 0.000000109. The van der Waals surface area contributed by atoms with Crippen molar-refractivity contribution in [2.24, 2.45) is 0 Å². The number of nitrogens with one attached hydrogen (secondary N) is 1. The van der Waals surface area contributed by atoms with Crippen LogP contribution in [-0.4, -0.2) is 32.4 Å². The Bertz CT molecular complexity index is 6700. The molecule has 0 radical (unpaired) electrons. The summed E-state index contributed by atoms with van der Waals surface area (Å²) in [5.41, 5.74) is 31.1. The van der Waals surface area contributed by atoms with Crippen LogP contribution in [0.5, 0.6) is 0 Å². The molecule has 1 saturated heterocycles. The Morgan fingerprint density at radius 3 is 1.25 bits per heavy atom. The molecule has 0 atom stereocenters. The van der Waals surface area contributed by atoms with Gasteiger partial charge >= 0.3 is 7.12 Å². The molecule has 16 aromatic carbocycles. The molecule has 10 heteroatoms. The van der Waals surface area contributed by atoms with Gasteiger partial charge in [-0.2, -0.15) is 0 Å². The number of H-pyrrole nitrogens is 1. The number of nitrogens with zero attached hydrogens (tertiary/aromatic N) is 2. The van der Waals surface area contributed by atoms with Gasteiger partial charge in [0, 0.05) is 67.2 Å². The van der Waals surface area contributed by atoms with Gasteiger partial charge in [-0.1, -0.05) is 311 Å². The van der Waals surface area contributed by atoms with Crippen LogP contribution in [-0.2, 0) is 22.2 Å². The van der Waals surface area contributed by atoms with Gasteiger partial charge in [-0.3, -0.25) is 4.70 Å². The second-order valence-corrected chi connectivity index (χ2v) is 33.3. The molecule has 4 heterocycles. The number of fused-ring (bicyclic) bond motifs is 15. The van der Waals surface area contributed by atoms with Gasteiger partial charge in [-0.05, 0) is 255 Å². The first-order valence-corrected chi connectivity index (χ1v) is 41.2. The highest BCUT2D eigenvalue weighted by atomic mass is 127. The van der Waals surface area contributed by atoms with E-state index < -0.39 is 0 Å². The highest BCUT2D eigenvalue weighted by Crippen LogP contribution is 2.43. The molecule has 554 valence electrons.